The molecule has 0 saturated carbocycles. The molecule has 2 aliphatic rings. The maximum Gasteiger partial charge on any atom is 0.414 e. The Morgan fingerprint density at radius 3 is 2.87 bits per heavy atom. The lowest BCUT2D eigenvalue weighted by Crippen LogP contribution is -2.38. The molecule has 158 valence electrons. The van der Waals surface area contributed by atoms with Gasteiger partial charge in [0.2, 0.25) is 11.0 Å². The van der Waals surface area contributed by atoms with E-state index >= 15 is 0 Å². The van der Waals surface area contributed by atoms with Crippen LogP contribution in [0, 0.1) is 12.7 Å². The zero-order valence-corrected chi connectivity index (χ0v) is 17.4. The normalized spacial score (nSPS) is 18.7. The van der Waals surface area contributed by atoms with Crippen LogP contribution in [-0.4, -0.2) is 55.6 Å². The summed E-state index contributed by atoms with van der Waals surface area (Å²) in [5.41, 5.74) is 1.72. The van der Waals surface area contributed by atoms with E-state index in [1.54, 1.807) is 28.4 Å². The summed E-state index contributed by atoms with van der Waals surface area (Å²) in [7, 11) is 0. The van der Waals surface area contributed by atoms with Crippen molar-refractivity contribution in [3.8, 4) is 0 Å². The van der Waals surface area contributed by atoms with E-state index in [1.807, 2.05) is 12.3 Å². The van der Waals surface area contributed by atoms with Crippen LogP contribution >= 0.6 is 11.3 Å². The molecule has 1 N–H and O–H groups in total. The molecule has 2 amide bonds. The molecule has 1 aromatic heterocycles. The molecule has 9 nitrogen and oxygen atoms in total. The maximum absolute atomic E-state index is 14.8. The minimum Gasteiger partial charge on any atom is -0.442 e. The summed E-state index contributed by atoms with van der Waals surface area (Å²) in [6, 6.07) is 4.60. The van der Waals surface area contributed by atoms with Crippen LogP contribution in [0.4, 0.5) is 25.7 Å². The molecule has 1 aromatic carbocycles. The van der Waals surface area contributed by atoms with Crippen LogP contribution in [0.15, 0.2) is 28.7 Å². The first-order valence-electron chi connectivity index (χ1n) is 9.43. The van der Waals surface area contributed by atoms with Crippen molar-refractivity contribution in [3.63, 3.8) is 0 Å². The minimum atomic E-state index is -0.563. The van der Waals surface area contributed by atoms with Gasteiger partial charge in [-0.1, -0.05) is 0 Å². The lowest BCUT2D eigenvalue weighted by Gasteiger charge is -2.29. The molecule has 0 spiro atoms. The molecule has 1 atom stereocenters. The lowest BCUT2D eigenvalue weighted by atomic mass is 10.2. The van der Waals surface area contributed by atoms with Crippen molar-refractivity contribution >= 4 is 46.2 Å². The fraction of sp³-hybridized carbons (Fsp3) is 0.368. The second kappa shape index (κ2) is 8.27. The molecule has 30 heavy (non-hydrogen) atoms. The lowest BCUT2D eigenvalue weighted by molar-refractivity contribution is -0.119. The minimum absolute atomic E-state index is 0.202. The van der Waals surface area contributed by atoms with Gasteiger partial charge in [0.15, 0.2) is 0 Å². The zero-order valence-electron chi connectivity index (χ0n) is 16.5. The Labute approximate surface area is 176 Å². The summed E-state index contributed by atoms with van der Waals surface area (Å²) in [5, 5.41) is 11.5. The Morgan fingerprint density at radius 1 is 1.40 bits per heavy atom. The number of carbonyl (C=O) groups excluding carboxylic acids is 2. The van der Waals surface area contributed by atoms with Crippen LogP contribution < -0.4 is 20.1 Å². The Bertz CT molecular complexity index is 996. The van der Waals surface area contributed by atoms with Gasteiger partial charge in [-0.25, -0.2) is 19.2 Å². The molecule has 2 aromatic rings. The molecule has 0 radical (unpaired) electrons. The van der Waals surface area contributed by atoms with E-state index in [9.17, 15) is 14.0 Å². The third-order valence-electron chi connectivity index (χ3n) is 4.72. The number of aromatic nitrogens is 1. The first-order chi connectivity index (χ1) is 14.4. The Balaban J connectivity index is 1.44. The van der Waals surface area contributed by atoms with Crippen molar-refractivity contribution in [2.45, 2.75) is 20.0 Å². The second-order valence-corrected chi connectivity index (χ2v) is 7.84. The number of amides is 2. The quantitative estimate of drug-likeness (QED) is 0.780. The van der Waals surface area contributed by atoms with E-state index in [2.05, 4.69) is 15.4 Å². The molecule has 0 bridgehead atoms. The van der Waals surface area contributed by atoms with Crippen LogP contribution in [0.1, 0.15) is 12.6 Å². The molecule has 0 aliphatic carbocycles. The highest BCUT2D eigenvalue weighted by atomic mass is 32.1. The Morgan fingerprint density at radius 2 is 2.23 bits per heavy atom. The van der Waals surface area contributed by atoms with Crippen LogP contribution in [0.2, 0.25) is 0 Å². The SMILES string of the molecule is CC(=O)NC[C@H]1CN(c2ccc(N3C=NN(c4nc(C)cs4)CC3)c(F)c2)C(=O)O1. The number of hydrazone groups is 1. The first-order valence-corrected chi connectivity index (χ1v) is 10.3. The summed E-state index contributed by atoms with van der Waals surface area (Å²) >= 11 is 1.51. The smallest absolute Gasteiger partial charge is 0.414 e. The molecule has 11 heteroatoms. The summed E-state index contributed by atoms with van der Waals surface area (Å²) in [5.74, 6) is -0.665. The van der Waals surface area contributed by atoms with Crippen LogP contribution in [0.5, 0.6) is 0 Å². The number of benzene rings is 1. The standard InChI is InChI=1S/C19H21FN6O3S/c1-12-10-30-18(23-12)26-6-5-24(11-22-26)17-4-3-14(7-16(17)20)25-9-15(29-19(25)28)8-21-13(2)27/h3-4,7,10-11,15H,5-6,8-9H2,1-2H3,(H,21,27)/t15-/m0/s1. The number of ether oxygens (including phenoxy) is 1. The molecule has 0 unspecified atom stereocenters. The largest absolute Gasteiger partial charge is 0.442 e. The molecule has 1 fully saturated rings. The molecular formula is C19H21FN6O3S. The summed E-state index contributed by atoms with van der Waals surface area (Å²) in [4.78, 5) is 30.6. The maximum atomic E-state index is 14.8. The Hall–Kier alpha value is -3.21. The summed E-state index contributed by atoms with van der Waals surface area (Å²) in [6.07, 6.45) is 0.539. The van der Waals surface area contributed by atoms with E-state index in [0.29, 0.717) is 24.5 Å². The predicted octanol–water partition coefficient (Wildman–Crippen LogP) is 2.32. The van der Waals surface area contributed by atoms with Gasteiger partial charge in [0.25, 0.3) is 0 Å². The van der Waals surface area contributed by atoms with E-state index in [0.717, 1.165) is 10.8 Å². The summed E-state index contributed by atoms with van der Waals surface area (Å²) < 4.78 is 20.1. The number of aryl methyl sites for hydroxylation is 1. The average Bonchev–Trinajstić information content (AvgIpc) is 3.32. The van der Waals surface area contributed by atoms with Gasteiger partial charge in [-0.15, -0.1) is 11.3 Å². The van der Waals surface area contributed by atoms with E-state index < -0.39 is 18.0 Å². The number of nitrogens with one attached hydrogen (secondary N) is 1. The molecule has 2 aliphatic heterocycles. The number of carbonyl (C=O) groups is 2. The van der Waals surface area contributed by atoms with Crippen LogP contribution in [0.3, 0.4) is 0 Å². The van der Waals surface area contributed by atoms with Gasteiger partial charge in [-0.05, 0) is 25.1 Å². The number of anilines is 3. The van der Waals surface area contributed by atoms with Gasteiger partial charge in [0, 0.05) is 18.8 Å². The molecular weight excluding hydrogens is 411 g/mol. The molecule has 4 rings (SSSR count). The van der Waals surface area contributed by atoms with Gasteiger partial charge < -0.3 is 15.0 Å². The van der Waals surface area contributed by atoms with E-state index in [1.165, 1.54) is 29.2 Å². The molecule has 3 heterocycles. The predicted molar refractivity (Wildman–Crippen MR) is 113 cm³/mol. The van der Waals surface area contributed by atoms with Gasteiger partial charge in [-0.2, -0.15) is 5.10 Å². The van der Waals surface area contributed by atoms with Crippen molar-refractivity contribution in [2.24, 2.45) is 5.10 Å². The van der Waals surface area contributed by atoms with Gasteiger partial charge in [-0.3, -0.25) is 9.69 Å². The van der Waals surface area contributed by atoms with Crippen molar-refractivity contribution in [2.75, 3.05) is 41.0 Å². The van der Waals surface area contributed by atoms with Crippen LogP contribution in [0.25, 0.3) is 0 Å². The number of nitrogens with zero attached hydrogens (tertiary/aromatic N) is 5. The van der Waals surface area contributed by atoms with E-state index in [-0.39, 0.29) is 19.0 Å². The number of halogens is 1. The number of cyclic esters (lactones) is 1. The van der Waals surface area contributed by atoms with Gasteiger partial charge in [0.05, 0.1) is 36.7 Å². The van der Waals surface area contributed by atoms with Crippen molar-refractivity contribution < 1.29 is 18.7 Å². The van der Waals surface area contributed by atoms with Crippen molar-refractivity contribution in [1.82, 2.24) is 10.3 Å². The second-order valence-electron chi connectivity index (χ2n) is 7.01. The molecule has 1 saturated heterocycles. The monoisotopic (exact) mass is 432 g/mol. The average molecular weight is 432 g/mol. The Kier molecular flexibility index (Phi) is 5.53. The topological polar surface area (TPSA) is 90.4 Å². The number of rotatable bonds is 5. The fourth-order valence-electron chi connectivity index (χ4n) is 3.22. The highest BCUT2D eigenvalue weighted by Gasteiger charge is 2.33. The van der Waals surface area contributed by atoms with Gasteiger partial charge in [0.1, 0.15) is 18.3 Å². The highest BCUT2D eigenvalue weighted by molar-refractivity contribution is 7.13. The number of hydrogen-bond acceptors (Lipinski definition) is 8. The highest BCUT2D eigenvalue weighted by Crippen LogP contribution is 2.29. The van der Waals surface area contributed by atoms with Crippen LogP contribution in [-0.2, 0) is 9.53 Å². The van der Waals surface area contributed by atoms with Crippen molar-refractivity contribution in [1.29, 1.82) is 0 Å². The fourth-order valence-corrected chi connectivity index (χ4v) is 4.01. The third kappa shape index (κ3) is 4.20. The number of hydrogen-bond donors (Lipinski definition) is 1. The number of thiazole rings is 1. The first kappa shape index (κ1) is 20.1. The van der Waals surface area contributed by atoms with E-state index in [4.69, 9.17) is 4.74 Å². The van der Waals surface area contributed by atoms with Crippen molar-refractivity contribution in [3.05, 3.63) is 35.1 Å². The zero-order chi connectivity index (χ0) is 21.3. The third-order valence-corrected chi connectivity index (χ3v) is 5.69. The summed E-state index contributed by atoms with van der Waals surface area (Å²) in [6.45, 7) is 4.90. The van der Waals surface area contributed by atoms with Gasteiger partial charge >= 0.3 is 6.09 Å².